The first-order chi connectivity index (χ1) is 13.2. The van der Waals surface area contributed by atoms with Gasteiger partial charge in [0.25, 0.3) is 5.91 Å². The van der Waals surface area contributed by atoms with Crippen LogP contribution in [0.5, 0.6) is 0 Å². The minimum absolute atomic E-state index is 0.0347. The second kappa shape index (κ2) is 9.38. The van der Waals surface area contributed by atoms with Crippen molar-refractivity contribution in [3.05, 3.63) is 65.7 Å². The Hall–Kier alpha value is -2.85. The highest BCUT2D eigenvalue weighted by Crippen LogP contribution is 2.15. The number of carbonyl (C=O) groups excluding carboxylic acids is 2. The molecule has 0 spiro atoms. The summed E-state index contributed by atoms with van der Waals surface area (Å²) in [5.74, 6) is -2.14. The fourth-order valence-electron chi connectivity index (χ4n) is 2.23. The smallest absolute Gasteiger partial charge is 0.269 e. The van der Waals surface area contributed by atoms with Gasteiger partial charge in [-0.15, -0.1) is 0 Å². The van der Waals surface area contributed by atoms with Gasteiger partial charge >= 0.3 is 0 Å². The maximum Gasteiger partial charge on any atom is 0.269 e. The molecule has 28 heavy (non-hydrogen) atoms. The van der Waals surface area contributed by atoms with Crippen molar-refractivity contribution in [2.75, 3.05) is 13.6 Å². The zero-order chi connectivity index (χ0) is 20.7. The minimum Gasteiger partial charge on any atom is -0.273 e. The SMILES string of the molecule is CN(CCCC(=O)NNC(=O)c1ccc(F)cc1)S(=O)(=O)c1ccc(F)cc1. The van der Waals surface area contributed by atoms with E-state index in [0.29, 0.717) is 0 Å². The van der Waals surface area contributed by atoms with Gasteiger partial charge in [0.1, 0.15) is 11.6 Å². The summed E-state index contributed by atoms with van der Waals surface area (Å²) in [6.07, 6.45) is 0.169. The molecular weight excluding hydrogens is 392 g/mol. The quantitative estimate of drug-likeness (QED) is 0.680. The normalized spacial score (nSPS) is 11.3. The third kappa shape index (κ3) is 5.83. The molecule has 2 rings (SSSR count). The monoisotopic (exact) mass is 411 g/mol. The molecule has 0 saturated heterocycles. The van der Waals surface area contributed by atoms with Gasteiger partial charge in [-0.2, -0.15) is 0 Å². The lowest BCUT2D eigenvalue weighted by Crippen LogP contribution is -2.41. The maximum absolute atomic E-state index is 12.9. The molecular formula is C18H19F2N3O4S. The van der Waals surface area contributed by atoms with Crippen molar-refractivity contribution in [3.63, 3.8) is 0 Å². The molecule has 2 N–H and O–H groups in total. The van der Waals surface area contributed by atoms with Crippen LogP contribution in [0.15, 0.2) is 53.4 Å². The van der Waals surface area contributed by atoms with Crippen molar-refractivity contribution < 1.29 is 26.8 Å². The largest absolute Gasteiger partial charge is 0.273 e. The summed E-state index contributed by atoms with van der Waals surface area (Å²) < 4.78 is 51.5. The molecule has 0 radical (unpaired) electrons. The average molecular weight is 411 g/mol. The summed E-state index contributed by atoms with van der Waals surface area (Å²) in [6, 6.07) is 9.22. The van der Waals surface area contributed by atoms with Crippen molar-refractivity contribution in [2.24, 2.45) is 0 Å². The molecule has 7 nitrogen and oxygen atoms in total. The molecule has 2 amide bonds. The Bertz CT molecular complexity index is 932. The van der Waals surface area contributed by atoms with Gasteiger partial charge in [0.2, 0.25) is 15.9 Å². The van der Waals surface area contributed by atoms with E-state index in [4.69, 9.17) is 0 Å². The Morgan fingerprint density at radius 1 is 0.929 bits per heavy atom. The molecule has 0 bridgehead atoms. The van der Waals surface area contributed by atoms with Gasteiger partial charge in [-0.05, 0) is 55.0 Å². The summed E-state index contributed by atoms with van der Waals surface area (Å²) in [4.78, 5) is 23.5. The van der Waals surface area contributed by atoms with E-state index in [2.05, 4.69) is 10.9 Å². The first-order valence-corrected chi connectivity index (χ1v) is 9.71. The van der Waals surface area contributed by atoms with Crippen LogP contribution in [-0.4, -0.2) is 38.1 Å². The number of nitrogens with one attached hydrogen (secondary N) is 2. The number of nitrogens with zero attached hydrogens (tertiary/aromatic N) is 1. The van der Waals surface area contributed by atoms with E-state index in [-0.39, 0.29) is 29.8 Å². The maximum atomic E-state index is 12.9. The number of benzene rings is 2. The van der Waals surface area contributed by atoms with E-state index >= 15 is 0 Å². The van der Waals surface area contributed by atoms with E-state index < -0.39 is 33.5 Å². The fourth-order valence-corrected chi connectivity index (χ4v) is 3.44. The van der Waals surface area contributed by atoms with Crippen LogP contribution in [0.4, 0.5) is 8.78 Å². The summed E-state index contributed by atoms with van der Waals surface area (Å²) >= 11 is 0. The lowest BCUT2D eigenvalue weighted by Gasteiger charge is -2.17. The Balaban J connectivity index is 1.77. The second-order valence-corrected chi connectivity index (χ2v) is 7.94. The van der Waals surface area contributed by atoms with Gasteiger partial charge in [-0.1, -0.05) is 0 Å². The van der Waals surface area contributed by atoms with Gasteiger partial charge < -0.3 is 0 Å². The number of rotatable bonds is 7. The fraction of sp³-hybridized carbons (Fsp3) is 0.222. The van der Waals surface area contributed by atoms with Crippen molar-refractivity contribution in [2.45, 2.75) is 17.7 Å². The van der Waals surface area contributed by atoms with Crippen LogP contribution in [0.2, 0.25) is 0 Å². The van der Waals surface area contributed by atoms with Crippen LogP contribution in [0.1, 0.15) is 23.2 Å². The molecule has 10 heteroatoms. The van der Waals surface area contributed by atoms with Crippen LogP contribution < -0.4 is 10.9 Å². The van der Waals surface area contributed by atoms with Crippen LogP contribution in [-0.2, 0) is 14.8 Å². The Morgan fingerprint density at radius 2 is 1.46 bits per heavy atom. The predicted octanol–water partition coefficient (Wildman–Crippen LogP) is 1.83. The van der Waals surface area contributed by atoms with Crippen molar-refractivity contribution in [1.29, 1.82) is 0 Å². The zero-order valence-electron chi connectivity index (χ0n) is 15.0. The van der Waals surface area contributed by atoms with E-state index in [9.17, 15) is 26.8 Å². The topological polar surface area (TPSA) is 95.6 Å². The van der Waals surface area contributed by atoms with Crippen LogP contribution >= 0.6 is 0 Å². The third-order valence-corrected chi connectivity index (χ3v) is 5.69. The first kappa shape index (κ1) is 21.5. The molecule has 2 aromatic carbocycles. The van der Waals surface area contributed by atoms with Gasteiger partial charge in [0.05, 0.1) is 4.90 Å². The van der Waals surface area contributed by atoms with E-state index in [1.165, 1.54) is 31.3 Å². The number of hydrazine groups is 1. The summed E-state index contributed by atoms with van der Waals surface area (Å²) in [5, 5.41) is 0. The summed E-state index contributed by atoms with van der Waals surface area (Å²) in [6.45, 7) is 0.0546. The number of sulfonamides is 1. The standard InChI is InChI=1S/C18H19F2N3O4S/c1-23(28(26,27)16-10-8-15(20)9-11-16)12-2-3-17(24)21-22-18(25)13-4-6-14(19)7-5-13/h4-11H,2-3,12H2,1H3,(H,21,24)(H,22,25). The molecule has 0 aliphatic heterocycles. The predicted molar refractivity (Wildman–Crippen MR) is 97.5 cm³/mol. The molecule has 0 aliphatic rings. The zero-order valence-corrected chi connectivity index (χ0v) is 15.8. The third-order valence-electron chi connectivity index (χ3n) is 3.82. The lowest BCUT2D eigenvalue weighted by molar-refractivity contribution is -0.122. The van der Waals surface area contributed by atoms with E-state index in [0.717, 1.165) is 28.6 Å². The molecule has 0 aliphatic carbocycles. The molecule has 0 aromatic heterocycles. The van der Waals surface area contributed by atoms with Crippen LogP contribution in [0.3, 0.4) is 0 Å². The first-order valence-electron chi connectivity index (χ1n) is 8.27. The van der Waals surface area contributed by atoms with E-state index in [1.807, 2.05) is 0 Å². The van der Waals surface area contributed by atoms with Crippen molar-refractivity contribution in [1.82, 2.24) is 15.2 Å². The summed E-state index contributed by atoms with van der Waals surface area (Å²) in [5.41, 5.74) is 4.57. The van der Waals surface area contributed by atoms with Gasteiger partial charge in [0, 0.05) is 25.6 Å². The van der Waals surface area contributed by atoms with Crippen LogP contribution in [0.25, 0.3) is 0 Å². The molecule has 0 atom stereocenters. The van der Waals surface area contributed by atoms with Gasteiger partial charge in [0.15, 0.2) is 0 Å². The Kier molecular flexibility index (Phi) is 7.18. The highest BCUT2D eigenvalue weighted by atomic mass is 32.2. The number of amides is 2. The van der Waals surface area contributed by atoms with Crippen molar-refractivity contribution in [3.8, 4) is 0 Å². The minimum atomic E-state index is -3.78. The second-order valence-electron chi connectivity index (χ2n) is 5.89. The number of halogens is 2. The van der Waals surface area contributed by atoms with E-state index in [1.54, 1.807) is 0 Å². The molecule has 0 heterocycles. The highest BCUT2D eigenvalue weighted by Gasteiger charge is 2.20. The molecule has 0 unspecified atom stereocenters. The van der Waals surface area contributed by atoms with Gasteiger partial charge in [-0.3, -0.25) is 20.4 Å². The highest BCUT2D eigenvalue weighted by molar-refractivity contribution is 7.89. The Labute approximate surface area is 161 Å². The Morgan fingerprint density at radius 3 is 2.04 bits per heavy atom. The molecule has 2 aromatic rings. The van der Waals surface area contributed by atoms with Gasteiger partial charge in [-0.25, -0.2) is 21.5 Å². The summed E-state index contributed by atoms with van der Waals surface area (Å²) in [7, 11) is -2.43. The lowest BCUT2D eigenvalue weighted by atomic mass is 10.2. The van der Waals surface area contributed by atoms with Crippen LogP contribution in [0, 0.1) is 11.6 Å². The molecule has 150 valence electrons. The average Bonchev–Trinajstić information content (AvgIpc) is 2.67. The molecule has 0 saturated carbocycles. The van der Waals surface area contributed by atoms with Crippen molar-refractivity contribution >= 4 is 21.8 Å². The number of hydrogen-bond donors (Lipinski definition) is 2. The number of carbonyl (C=O) groups is 2. The number of hydrogen-bond acceptors (Lipinski definition) is 4. The molecule has 0 fully saturated rings.